The van der Waals surface area contributed by atoms with Crippen LogP contribution in [0.3, 0.4) is 0 Å². The molecule has 0 aliphatic carbocycles. The van der Waals surface area contributed by atoms with Crippen LogP contribution in [0, 0.1) is 0 Å². The number of methoxy groups -OCH3 is 1. The number of hydrogen-bond donors (Lipinski definition) is 2. The highest BCUT2D eigenvalue weighted by Crippen LogP contribution is 2.15. The maximum Gasteiger partial charge on any atom is 0.191 e. The quantitative estimate of drug-likeness (QED) is 0.312. The number of nitrogens with zero attached hydrogens (tertiary/aromatic N) is 5. The number of hydrogen-bond acceptors (Lipinski definition) is 5. The monoisotopic (exact) mass is 527 g/mol. The maximum absolute atomic E-state index is 5.15. The van der Waals surface area contributed by atoms with Gasteiger partial charge in [0, 0.05) is 44.9 Å². The Morgan fingerprint density at radius 1 is 1.37 bits per heavy atom. The van der Waals surface area contributed by atoms with Crippen molar-refractivity contribution in [2.24, 2.45) is 4.99 Å². The van der Waals surface area contributed by atoms with Crippen LogP contribution in [0.2, 0.25) is 0 Å². The fraction of sp³-hybridized carbons (Fsp3) is 0.571. The lowest BCUT2D eigenvalue weighted by Crippen LogP contribution is -2.47. The number of anilines is 1. The van der Waals surface area contributed by atoms with E-state index in [1.54, 1.807) is 7.11 Å². The van der Waals surface area contributed by atoms with Crippen LogP contribution in [0.4, 0.5) is 5.69 Å². The summed E-state index contributed by atoms with van der Waals surface area (Å²) in [5, 5.41) is 11.5. The van der Waals surface area contributed by atoms with Crippen molar-refractivity contribution in [3.8, 4) is 0 Å². The first-order valence-electron chi connectivity index (χ1n) is 10.3. The SMILES string of the molecule is CCNC(=NCC(C)N(C)c1ccccc1)NC1CCc2nc(COC)nn2C1.I. The van der Waals surface area contributed by atoms with Crippen molar-refractivity contribution in [2.45, 2.75) is 51.9 Å². The van der Waals surface area contributed by atoms with Crippen molar-refractivity contribution in [3.05, 3.63) is 42.0 Å². The van der Waals surface area contributed by atoms with Gasteiger partial charge < -0.3 is 20.3 Å². The fourth-order valence-electron chi connectivity index (χ4n) is 3.45. The molecule has 0 radical (unpaired) electrons. The van der Waals surface area contributed by atoms with E-state index in [-0.39, 0.29) is 36.1 Å². The average molecular weight is 527 g/mol. The number of ether oxygens (including phenoxy) is 1. The van der Waals surface area contributed by atoms with Crippen molar-refractivity contribution in [3.63, 3.8) is 0 Å². The van der Waals surface area contributed by atoms with E-state index in [2.05, 4.69) is 70.8 Å². The average Bonchev–Trinajstić information content (AvgIpc) is 3.14. The van der Waals surface area contributed by atoms with Crippen LogP contribution < -0.4 is 15.5 Å². The van der Waals surface area contributed by atoms with Gasteiger partial charge >= 0.3 is 0 Å². The van der Waals surface area contributed by atoms with E-state index in [9.17, 15) is 0 Å². The number of likely N-dealkylation sites (N-methyl/N-ethyl adjacent to an activating group) is 1. The molecule has 0 saturated carbocycles. The van der Waals surface area contributed by atoms with Gasteiger partial charge in [-0.2, -0.15) is 5.10 Å². The highest BCUT2D eigenvalue weighted by molar-refractivity contribution is 14.0. The molecule has 1 aliphatic heterocycles. The van der Waals surface area contributed by atoms with E-state index in [1.165, 1.54) is 5.69 Å². The molecule has 8 nitrogen and oxygen atoms in total. The number of aliphatic imine (C=N–C) groups is 1. The molecule has 2 heterocycles. The van der Waals surface area contributed by atoms with Gasteiger partial charge in [0.05, 0.1) is 13.1 Å². The van der Waals surface area contributed by atoms with Crippen LogP contribution in [0.5, 0.6) is 0 Å². The number of halogens is 1. The number of para-hydroxylation sites is 1. The van der Waals surface area contributed by atoms with Crippen molar-refractivity contribution in [1.29, 1.82) is 0 Å². The lowest BCUT2D eigenvalue weighted by molar-refractivity contribution is 0.177. The molecule has 3 rings (SSSR count). The molecule has 30 heavy (non-hydrogen) atoms. The third-order valence-electron chi connectivity index (χ3n) is 5.20. The van der Waals surface area contributed by atoms with E-state index in [1.807, 2.05) is 10.7 Å². The predicted molar refractivity (Wildman–Crippen MR) is 132 cm³/mol. The van der Waals surface area contributed by atoms with Crippen molar-refractivity contribution >= 4 is 35.6 Å². The molecule has 2 atom stereocenters. The molecule has 166 valence electrons. The summed E-state index contributed by atoms with van der Waals surface area (Å²) in [6, 6.07) is 11.0. The normalized spacial score (nSPS) is 16.9. The minimum absolute atomic E-state index is 0. The topological polar surface area (TPSA) is 79.6 Å². The van der Waals surface area contributed by atoms with Gasteiger partial charge in [-0.15, -0.1) is 24.0 Å². The van der Waals surface area contributed by atoms with E-state index >= 15 is 0 Å². The highest BCUT2D eigenvalue weighted by Gasteiger charge is 2.22. The third kappa shape index (κ3) is 6.56. The molecule has 1 aromatic carbocycles. The number of nitrogens with one attached hydrogen (secondary N) is 2. The third-order valence-corrected chi connectivity index (χ3v) is 5.20. The fourth-order valence-corrected chi connectivity index (χ4v) is 3.45. The number of rotatable bonds is 8. The lowest BCUT2D eigenvalue weighted by atomic mass is 10.1. The molecule has 2 unspecified atom stereocenters. The Hall–Kier alpha value is -1.88. The second-order valence-electron chi connectivity index (χ2n) is 7.45. The van der Waals surface area contributed by atoms with Gasteiger partial charge in [0.25, 0.3) is 0 Å². The van der Waals surface area contributed by atoms with Crippen LogP contribution in [-0.4, -0.2) is 60.1 Å². The largest absolute Gasteiger partial charge is 0.377 e. The Balaban J connectivity index is 0.00000320. The van der Waals surface area contributed by atoms with Gasteiger partial charge in [0.1, 0.15) is 12.4 Å². The summed E-state index contributed by atoms with van der Waals surface area (Å²) >= 11 is 0. The number of guanidine groups is 1. The maximum atomic E-state index is 5.15. The van der Waals surface area contributed by atoms with Crippen molar-refractivity contribution in [1.82, 2.24) is 25.4 Å². The molecule has 1 aromatic heterocycles. The lowest BCUT2D eigenvalue weighted by Gasteiger charge is -2.27. The number of benzene rings is 1. The summed E-state index contributed by atoms with van der Waals surface area (Å²) in [5.41, 5.74) is 1.20. The van der Waals surface area contributed by atoms with E-state index in [0.29, 0.717) is 13.2 Å². The molecule has 0 amide bonds. The van der Waals surface area contributed by atoms with Gasteiger partial charge in [-0.3, -0.25) is 4.99 Å². The minimum Gasteiger partial charge on any atom is -0.377 e. The van der Waals surface area contributed by atoms with Gasteiger partial charge in [-0.05, 0) is 32.4 Å². The smallest absolute Gasteiger partial charge is 0.191 e. The van der Waals surface area contributed by atoms with Gasteiger partial charge in [-0.1, -0.05) is 18.2 Å². The second kappa shape index (κ2) is 12.1. The standard InChI is InChI=1S/C21H33N7O.HI/c1-5-22-21(23-13-16(2)27(3)18-9-7-6-8-10-18)24-17-11-12-20-25-19(15-29-4)26-28(20)14-17;/h6-10,16-17H,5,11-15H2,1-4H3,(H2,22,23,24);1H. The first kappa shape index (κ1) is 24.4. The van der Waals surface area contributed by atoms with E-state index < -0.39 is 0 Å². The Morgan fingerprint density at radius 3 is 2.83 bits per heavy atom. The highest BCUT2D eigenvalue weighted by atomic mass is 127. The number of fused-ring (bicyclic) bond motifs is 1. The molecule has 2 aromatic rings. The molecular weight excluding hydrogens is 493 g/mol. The Kier molecular flexibility index (Phi) is 9.83. The molecule has 0 bridgehead atoms. The van der Waals surface area contributed by atoms with E-state index in [4.69, 9.17) is 9.73 Å². The second-order valence-corrected chi connectivity index (χ2v) is 7.45. The summed E-state index contributed by atoms with van der Waals surface area (Å²) in [7, 11) is 3.78. The molecule has 0 fully saturated rings. The van der Waals surface area contributed by atoms with Crippen LogP contribution in [0.1, 0.15) is 31.9 Å². The van der Waals surface area contributed by atoms with Crippen LogP contribution in [0.15, 0.2) is 35.3 Å². The molecule has 0 spiro atoms. The molecule has 2 N–H and O–H groups in total. The molecule has 9 heteroatoms. The summed E-state index contributed by atoms with van der Waals surface area (Å²) in [5.74, 6) is 2.64. The van der Waals surface area contributed by atoms with Crippen LogP contribution in [0.25, 0.3) is 0 Å². The first-order valence-corrected chi connectivity index (χ1v) is 10.3. The number of aryl methyl sites for hydroxylation is 1. The van der Waals surface area contributed by atoms with Gasteiger partial charge in [0.2, 0.25) is 0 Å². The van der Waals surface area contributed by atoms with Crippen LogP contribution >= 0.6 is 24.0 Å². The molecule has 0 saturated heterocycles. The van der Waals surface area contributed by atoms with Gasteiger partial charge in [0.15, 0.2) is 11.8 Å². The zero-order valence-corrected chi connectivity index (χ0v) is 20.7. The minimum atomic E-state index is 0. The summed E-state index contributed by atoms with van der Waals surface area (Å²) in [4.78, 5) is 11.6. The Bertz CT molecular complexity index is 796. The summed E-state index contributed by atoms with van der Waals surface area (Å²) in [6.45, 7) is 7.06. The predicted octanol–water partition coefficient (Wildman–Crippen LogP) is 2.44. The molecule has 1 aliphatic rings. The van der Waals surface area contributed by atoms with Crippen LogP contribution in [-0.2, 0) is 24.3 Å². The first-order chi connectivity index (χ1) is 14.1. The zero-order chi connectivity index (χ0) is 20.6. The zero-order valence-electron chi connectivity index (χ0n) is 18.3. The number of aromatic nitrogens is 3. The van der Waals surface area contributed by atoms with Crippen molar-refractivity contribution in [2.75, 3.05) is 32.1 Å². The Labute approximate surface area is 196 Å². The Morgan fingerprint density at radius 2 is 2.13 bits per heavy atom. The van der Waals surface area contributed by atoms with Crippen molar-refractivity contribution < 1.29 is 4.74 Å². The summed E-state index contributed by atoms with van der Waals surface area (Å²) in [6.07, 6.45) is 1.91. The molecular formula is C21H34IN7O. The summed E-state index contributed by atoms with van der Waals surface area (Å²) < 4.78 is 7.14. The van der Waals surface area contributed by atoms with Gasteiger partial charge in [-0.25, -0.2) is 9.67 Å². The van der Waals surface area contributed by atoms with E-state index in [0.717, 1.165) is 43.5 Å².